The second-order valence-corrected chi connectivity index (χ2v) is 5.01. The molecule has 1 fully saturated rings. The van der Waals surface area contributed by atoms with Crippen molar-refractivity contribution in [3.05, 3.63) is 29.8 Å². The quantitative estimate of drug-likeness (QED) is 0.833. The third-order valence-electron chi connectivity index (χ3n) is 3.75. The molecule has 1 aliphatic carbocycles. The molecule has 0 aromatic heterocycles. The van der Waals surface area contributed by atoms with Crippen molar-refractivity contribution in [2.24, 2.45) is 0 Å². The lowest BCUT2D eigenvalue weighted by Gasteiger charge is -2.33. The van der Waals surface area contributed by atoms with Gasteiger partial charge in [0.2, 0.25) is 0 Å². The maximum atomic E-state index is 12.5. The molecule has 1 aromatic rings. The van der Waals surface area contributed by atoms with Crippen LogP contribution in [0.2, 0.25) is 0 Å². The maximum Gasteiger partial charge on any atom is 0.254 e. The first-order chi connectivity index (χ1) is 8.72. The average Bonchev–Trinajstić information content (AvgIpc) is 2.41. The van der Waals surface area contributed by atoms with E-state index >= 15 is 0 Å². The van der Waals surface area contributed by atoms with Crippen LogP contribution in [0.15, 0.2) is 24.3 Å². The Labute approximate surface area is 109 Å². The topological polar surface area (TPSA) is 46.3 Å². The van der Waals surface area contributed by atoms with Crippen LogP contribution in [-0.2, 0) is 0 Å². The number of carbonyl (C=O) groups is 1. The van der Waals surface area contributed by atoms with Crippen molar-refractivity contribution >= 4 is 11.6 Å². The molecule has 0 bridgehead atoms. The molecule has 0 aliphatic heterocycles. The summed E-state index contributed by atoms with van der Waals surface area (Å²) in [5, 5.41) is 0. The van der Waals surface area contributed by atoms with E-state index in [1.807, 2.05) is 23.1 Å². The summed E-state index contributed by atoms with van der Waals surface area (Å²) in [7, 11) is 0. The molecule has 1 amide bonds. The molecule has 2 rings (SSSR count). The standard InChI is InChI=1S/C15H22N2O/c1-2-17(14-9-4-3-5-10-14)15(18)12-7-6-8-13(16)11-12/h6-8,11,14H,2-5,9-10,16H2,1H3. The Balaban J connectivity index is 2.14. The largest absolute Gasteiger partial charge is 0.399 e. The first kappa shape index (κ1) is 12.9. The SMILES string of the molecule is CCN(C(=O)c1cccc(N)c1)C1CCCCC1. The van der Waals surface area contributed by atoms with Crippen molar-refractivity contribution in [2.75, 3.05) is 12.3 Å². The monoisotopic (exact) mass is 246 g/mol. The van der Waals surface area contributed by atoms with Crippen LogP contribution in [0.3, 0.4) is 0 Å². The second-order valence-electron chi connectivity index (χ2n) is 5.01. The van der Waals surface area contributed by atoms with Gasteiger partial charge in [-0.25, -0.2) is 0 Å². The van der Waals surface area contributed by atoms with Gasteiger partial charge in [0.25, 0.3) is 5.91 Å². The fourth-order valence-corrected chi connectivity index (χ4v) is 2.80. The molecule has 1 aliphatic rings. The minimum Gasteiger partial charge on any atom is -0.399 e. The van der Waals surface area contributed by atoms with E-state index in [0.29, 0.717) is 17.3 Å². The molecule has 98 valence electrons. The van der Waals surface area contributed by atoms with Crippen LogP contribution in [0.5, 0.6) is 0 Å². The molecule has 0 heterocycles. The fourth-order valence-electron chi connectivity index (χ4n) is 2.80. The summed E-state index contributed by atoms with van der Waals surface area (Å²) < 4.78 is 0. The first-order valence-corrected chi connectivity index (χ1v) is 6.89. The van der Waals surface area contributed by atoms with Gasteiger partial charge < -0.3 is 10.6 Å². The fraction of sp³-hybridized carbons (Fsp3) is 0.533. The predicted octanol–water partition coefficient (Wildman–Crippen LogP) is 3.06. The number of nitrogen functional groups attached to an aromatic ring is 1. The zero-order valence-electron chi connectivity index (χ0n) is 11.1. The number of rotatable bonds is 3. The summed E-state index contributed by atoms with van der Waals surface area (Å²) in [5.41, 5.74) is 7.11. The smallest absolute Gasteiger partial charge is 0.254 e. The lowest BCUT2D eigenvalue weighted by atomic mass is 9.93. The number of nitrogens with two attached hydrogens (primary N) is 1. The molecule has 18 heavy (non-hydrogen) atoms. The third-order valence-corrected chi connectivity index (χ3v) is 3.75. The zero-order valence-corrected chi connectivity index (χ0v) is 11.1. The molecule has 3 nitrogen and oxygen atoms in total. The molecule has 0 unspecified atom stereocenters. The number of benzene rings is 1. The van der Waals surface area contributed by atoms with Gasteiger partial charge in [-0.1, -0.05) is 25.3 Å². The number of hydrogen-bond donors (Lipinski definition) is 1. The summed E-state index contributed by atoms with van der Waals surface area (Å²) in [4.78, 5) is 14.5. The summed E-state index contributed by atoms with van der Waals surface area (Å²) in [6.07, 6.45) is 6.07. The van der Waals surface area contributed by atoms with Gasteiger partial charge in [-0.15, -0.1) is 0 Å². The van der Waals surface area contributed by atoms with Crippen LogP contribution >= 0.6 is 0 Å². The maximum absolute atomic E-state index is 12.5. The number of nitrogens with zero attached hydrogens (tertiary/aromatic N) is 1. The Kier molecular flexibility index (Phi) is 4.24. The van der Waals surface area contributed by atoms with Crippen LogP contribution in [0.25, 0.3) is 0 Å². The molecular weight excluding hydrogens is 224 g/mol. The molecule has 0 radical (unpaired) electrons. The highest BCUT2D eigenvalue weighted by atomic mass is 16.2. The van der Waals surface area contributed by atoms with Crippen molar-refractivity contribution in [3.63, 3.8) is 0 Å². The van der Waals surface area contributed by atoms with E-state index < -0.39 is 0 Å². The molecule has 3 heteroatoms. The second kappa shape index (κ2) is 5.89. The van der Waals surface area contributed by atoms with Crippen molar-refractivity contribution in [1.82, 2.24) is 4.90 Å². The van der Waals surface area contributed by atoms with Gasteiger partial charge in [-0.05, 0) is 38.0 Å². The van der Waals surface area contributed by atoms with Gasteiger partial charge in [-0.3, -0.25) is 4.79 Å². The Bertz CT molecular complexity index is 411. The van der Waals surface area contributed by atoms with Gasteiger partial charge in [0.05, 0.1) is 0 Å². The van der Waals surface area contributed by atoms with E-state index in [1.165, 1.54) is 19.3 Å². The zero-order chi connectivity index (χ0) is 13.0. The number of carbonyl (C=O) groups excluding carboxylic acids is 1. The molecular formula is C15H22N2O. The third kappa shape index (κ3) is 2.84. The highest BCUT2D eigenvalue weighted by Gasteiger charge is 2.24. The predicted molar refractivity (Wildman–Crippen MR) is 74.4 cm³/mol. The molecule has 2 N–H and O–H groups in total. The Hall–Kier alpha value is -1.51. The normalized spacial score (nSPS) is 16.5. The Morgan fingerprint density at radius 2 is 2.06 bits per heavy atom. The highest BCUT2D eigenvalue weighted by molar-refractivity contribution is 5.95. The van der Waals surface area contributed by atoms with Crippen molar-refractivity contribution in [2.45, 2.75) is 45.1 Å². The van der Waals surface area contributed by atoms with E-state index in [9.17, 15) is 4.79 Å². The van der Waals surface area contributed by atoms with E-state index in [2.05, 4.69) is 6.92 Å². The van der Waals surface area contributed by atoms with E-state index in [1.54, 1.807) is 6.07 Å². The lowest BCUT2D eigenvalue weighted by molar-refractivity contribution is 0.0648. The van der Waals surface area contributed by atoms with Gasteiger partial charge in [-0.2, -0.15) is 0 Å². The van der Waals surface area contributed by atoms with E-state index in [0.717, 1.165) is 19.4 Å². The van der Waals surface area contributed by atoms with Crippen molar-refractivity contribution < 1.29 is 4.79 Å². The first-order valence-electron chi connectivity index (χ1n) is 6.89. The number of anilines is 1. The molecule has 1 saturated carbocycles. The highest BCUT2D eigenvalue weighted by Crippen LogP contribution is 2.24. The lowest BCUT2D eigenvalue weighted by Crippen LogP contribution is -2.41. The van der Waals surface area contributed by atoms with Gasteiger partial charge >= 0.3 is 0 Å². The molecule has 0 atom stereocenters. The van der Waals surface area contributed by atoms with Crippen LogP contribution in [0, 0.1) is 0 Å². The van der Waals surface area contributed by atoms with Crippen LogP contribution < -0.4 is 5.73 Å². The van der Waals surface area contributed by atoms with Crippen molar-refractivity contribution in [3.8, 4) is 0 Å². The minimum atomic E-state index is 0.122. The van der Waals surface area contributed by atoms with Crippen LogP contribution in [0.4, 0.5) is 5.69 Å². The summed E-state index contributed by atoms with van der Waals surface area (Å²) in [6, 6.07) is 7.70. The minimum absolute atomic E-state index is 0.122. The van der Waals surface area contributed by atoms with E-state index in [4.69, 9.17) is 5.73 Å². The Morgan fingerprint density at radius 1 is 1.33 bits per heavy atom. The Morgan fingerprint density at radius 3 is 2.67 bits per heavy atom. The molecule has 0 saturated heterocycles. The average molecular weight is 246 g/mol. The van der Waals surface area contributed by atoms with Crippen LogP contribution in [-0.4, -0.2) is 23.4 Å². The van der Waals surface area contributed by atoms with Gasteiger partial charge in [0.15, 0.2) is 0 Å². The van der Waals surface area contributed by atoms with Crippen LogP contribution in [0.1, 0.15) is 49.4 Å². The molecule has 0 spiro atoms. The summed E-state index contributed by atoms with van der Waals surface area (Å²) >= 11 is 0. The summed E-state index contributed by atoms with van der Waals surface area (Å²) in [6.45, 7) is 2.83. The number of amides is 1. The van der Waals surface area contributed by atoms with Gasteiger partial charge in [0, 0.05) is 23.8 Å². The van der Waals surface area contributed by atoms with Gasteiger partial charge in [0.1, 0.15) is 0 Å². The number of hydrogen-bond acceptors (Lipinski definition) is 2. The molecule has 1 aromatic carbocycles. The van der Waals surface area contributed by atoms with E-state index in [-0.39, 0.29) is 5.91 Å². The van der Waals surface area contributed by atoms with Crippen molar-refractivity contribution in [1.29, 1.82) is 0 Å². The summed E-state index contributed by atoms with van der Waals surface area (Å²) in [5.74, 6) is 0.122.